The van der Waals surface area contributed by atoms with Crippen molar-refractivity contribution in [2.45, 2.75) is 46.7 Å². The van der Waals surface area contributed by atoms with Crippen molar-refractivity contribution in [1.29, 1.82) is 0 Å². The highest BCUT2D eigenvalue weighted by molar-refractivity contribution is 5.75. The lowest BCUT2D eigenvalue weighted by Crippen LogP contribution is -2.20. The summed E-state index contributed by atoms with van der Waals surface area (Å²) < 4.78 is 17.7. The van der Waals surface area contributed by atoms with Gasteiger partial charge in [-0.2, -0.15) is 0 Å². The molecule has 2 atom stereocenters. The number of rotatable bonds is 6. The fourth-order valence-electron chi connectivity index (χ4n) is 1.37. The van der Waals surface area contributed by atoms with Gasteiger partial charge in [0.25, 0.3) is 0 Å². The molecule has 0 aliphatic heterocycles. The molecular formula is C12H21FO2. The van der Waals surface area contributed by atoms with Crippen LogP contribution in [0.1, 0.15) is 40.5 Å². The maximum Gasteiger partial charge on any atom is 0.313 e. The van der Waals surface area contributed by atoms with Crippen molar-refractivity contribution >= 4 is 5.97 Å². The van der Waals surface area contributed by atoms with Crippen LogP contribution in [0.4, 0.5) is 4.39 Å². The van der Waals surface area contributed by atoms with Gasteiger partial charge in [0.2, 0.25) is 0 Å². The molecule has 0 amide bonds. The second-order valence-electron chi connectivity index (χ2n) is 3.70. The Balaban J connectivity index is 4.38. The van der Waals surface area contributed by atoms with E-state index in [9.17, 15) is 9.18 Å². The summed E-state index contributed by atoms with van der Waals surface area (Å²) in [5.41, 5.74) is 0.953. The van der Waals surface area contributed by atoms with Crippen LogP contribution in [-0.4, -0.2) is 18.7 Å². The van der Waals surface area contributed by atoms with Gasteiger partial charge >= 0.3 is 5.97 Å². The summed E-state index contributed by atoms with van der Waals surface area (Å²) in [4.78, 5) is 11.6. The van der Waals surface area contributed by atoms with E-state index in [0.29, 0.717) is 19.4 Å². The van der Waals surface area contributed by atoms with Crippen molar-refractivity contribution in [1.82, 2.24) is 0 Å². The van der Waals surface area contributed by atoms with Crippen LogP contribution < -0.4 is 0 Å². The second kappa shape index (κ2) is 7.43. The number of alkyl halides is 1. The van der Waals surface area contributed by atoms with Crippen molar-refractivity contribution in [2.24, 2.45) is 5.92 Å². The zero-order valence-electron chi connectivity index (χ0n) is 10.0. The van der Waals surface area contributed by atoms with Gasteiger partial charge in [-0.3, -0.25) is 4.79 Å². The van der Waals surface area contributed by atoms with E-state index in [1.807, 2.05) is 19.9 Å². The predicted octanol–water partition coefficient (Wildman–Crippen LogP) is 3.27. The number of halogens is 1. The van der Waals surface area contributed by atoms with Gasteiger partial charge in [0, 0.05) is 0 Å². The molecule has 15 heavy (non-hydrogen) atoms. The molecule has 0 radical (unpaired) electrons. The minimum absolute atomic E-state index is 0.242. The van der Waals surface area contributed by atoms with Crippen LogP contribution in [0, 0.1) is 5.92 Å². The Bertz CT molecular complexity index is 222. The number of esters is 1. The minimum atomic E-state index is -0.869. The third kappa shape index (κ3) is 5.55. The molecule has 0 heterocycles. The average Bonchev–Trinajstić information content (AvgIpc) is 2.17. The molecule has 0 spiro atoms. The van der Waals surface area contributed by atoms with Gasteiger partial charge in [-0.1, -0.05) is 11.6 Å². The number of hydrogen-bond donors (Lipinski definition) is 0. The summed E-state index contributed by atoms with van der Waals surface area (Å²) in [6, 6.07) is 0. The highest BCUT2D eigenvalue weighted by Gasteiger charge is 2.21. The third-order valence-electron chi connectivity index (χ3n) is 2.43. The molecule has 0 N–H and O–H groups in total. The molecule has 0 saturated heterocycles. The van der Waals surface area contributed by atoms with Crippen LogP contribution >= 0.6 is 0 Å². The number of allylic oxidation sites excluding steroid dienone is 1. The molecule has 3 heteroatoms. The first-order valence-electron chi connectivity index (χ1n) is 5.46. The zero-order chi connectivity index (χ0) is 11.8. The van der Waals surface area contributed by atoms with Gasteiger partial charge in [0.1, 0.15) is 0 Å². The van der Waals surface area contributed by atoms with E-state index in [4.69, 9.17) is 4.74 Å². The summed E-state index contributed by atoms with van der Waals surface area (Å²) in [7, 11) is 0. The lowest BCUT2D eigenvalue weighted by Gasteiger charge is -2.16. The second-order valence-corrected chi connectivity index (χ2v) is 3.70. The first-order valence-corrected chi connectivity index (χ1v) is 5.46. The normalized spacial score (nSPS) is 15.9. The van der Waals surface area contributed by atoms with E-state index < -0.39 is 6.17 Å². The lowest BCUT2D eigenvalue weighted by atomic mass is 9.94. The maximum atomic E-state index is 12.7. The van der Waals surface area contributed by atoms with Crippen molar-refractivity contribution in [3.8, 4) is 0 Å². The van der Waals surface area contributed by atoms with E-state index in [1.54, 1.807) is 6.92 Å². The molecule has 0 aliphatic carbocycles. The first kappa shape index (κ1) is 14.1. The van der Waals surface area contributed by atoms with Crippen molar-refractivity contribution in [3.63, 3.8) is 0 Å². The zero-order valence-corrected chi connectivity index (χ0v) is 10.0. The minimum Gasteiger partial charge on any atom is -0.466 e. The molecule has 0 bridgehead atoms. The highest BCUT2D eigenvalue weighted by atomic mass is 19.1. The van der Waals surface area contributed by atoms with E-state index in [0.717, 1.165) is 5.57 Å². The van der Waals surface area contributed by atoms with E-state index in [-0.39, 0.29) is 11.9 Å². The van der Waals surface area contributed by atoms with Crippen molar-refractivity contribution in [2.75, 3.05) is 6.61 Å². The molecule has 2 unspecified atom stereocenters. The van der Waals surface area contributed by atoms with Gasteiger partial charge in [-0.25, -0.2) is 4.39 Å². The lowest BCUT2D eigenvalue weighted by molar-refractivity contribution is -0.146. The van der Waals surface area contributed by atoms with Gasteiger partial charge in [-0.15, -0.1) is 0 Å². The van der Waals surface area contributed by atoms with Crippen LogP contribution in [0.2, 0.25) is 0 Å². The Morgan fingerprint density at radius 2 is 2.07 bits per heavy atom. The Hall–Kier alpha value is -0.860. The monoisotopic (exact) mass is 216 g/mol. The molecule has 0 fully saturated rings. The molecule has 2 nitrogen and oxygen atoms in total. The Kier molecular flexibility index (Phi) is 7.01. The van der Waals surface area contributed by atoms with Crippen LogP contribution in [0.3, 0.4) is 0 Å². The van der Waals surface area contributed by atoms with Crippen molar-refractivity contribution in [3.05, 3.63) is 11.6 Å². The van der Waals surface area contributed by atoms with Gasteiger partial charge in [0.05, 0.1) is 18.7 Å². The quantitative estimate of drug-likeness (QED) is 0.503. The van der Waals surface area contributed by atoms with E-state index >= 15 is 0 Å². The molecule has 0 rings (SSSR count). The Morgan fingerprint density at radius 1 is 1.47 bits per heavy atom. The molecule has 0 aromatic rings. The fraction of sp³-hybridized carbons (Fsp3) is 0.750. The fourth-order valence-corrected chi connectivity index (χ4v) is 1.37. The molecule has 0 aromatic heterocycles. The number of hydrogen-bond acceptors (Lipinski definition) is 2. The Labute approximate surface area is 91.5 Å². The van der Waals surface area contributed by atoms with Crippen LogP contribution in [0.25, 0.3) is 0 Å². The summed E-state index contributed by atoms with van der Waals surface area (Å²) in [6.45, 7) is 7.41. The highest BCUT2D eigenvalue weighted by Crippen LogP contribution is 2.20. The van der Waals surface area contributed by atoms with Crippen LogP contribution in [-0.2, 0) is 9.53 Å². The number of carbonyl (C=O) groups excluding carboxylic acids is 1. The standard InChI is InChI=1S/C12H21FO2/c1-5-9(3)11(8-7-10(4)13)12(14)15-6-2/h5,10-11H,6-8H2,1-4H3. The van der Waals surface area contributed by atoms with Crippen LogP contribution in [0.15, 0.2) is 11.6 Å². The largest absolute Gasteiger partial charge is 0.466 e. The third-order valence-corrected chi connectivity index (χ3v) is 2.43. The molecule has 88 valence electrons. The summed E-state index contributed by atoms with van der Waals surface area (Å²) in [6.07, 6.45) is 1.93. The van der Waals surface area contributed by atoms with Gasteiger partial charge in [-0.05, 0) is 40.5 Å². The number of ether oxygens (including phenoxy) is 1. The first-order chi connectivity index (χ1) is 7.02. The maximum absolute atomic E-state index is 12.7. The molecular weight excluding hydrogens is 195 g/mol. The van der Waals surface area contributed by atoms with Gasteiger partial charge < -0.3 is 4.74 Å². The summed E-state index contributed by atoms with van der Waals surface area (Å²) in [5.74, 6) is -0.526. The van der Waals surface area contributed by atoms with Gasteiger partial charge in [0.15, 0.2) is 0 Å². The predicted molar refractivity (Wildman–Crippen MR) is 59.4 cm³/mol. The average molecular weight is 216 g/mol. The summed E-state index contributed by atoms with van der Waals surface area (Å²) >= 11 is 0. The van der Waals surface area contributed by atoms with E-state index in [1.165, 1.54) is 6.92 Å². The molecule has 0 aromatic carbocycles. The molecule has 0 aliphatic rings. The Morgan fingerprint density at radius 3 is 2.47 bits per heavy atom. The topological polar surface area (TPSA) is 26.3 Å². The van der Waals surface area contributed by atoms with Crippen molar-refractivity contribution < 1.29 is 13.9 Å². The molecule has 0 saturated carbocycles. The summed E-state index contributed by atoms with van der Waals surface area (Å²) in [5, 5.41) is 0. The van der Waals surface area contributed by atoms with E-state index in [2.05, 4.69) is 0 Å². The SMILES string of the molecule is CC=C(C)C(CCC(C)F)C(=O)OCC. The number of carbonyl (C=O) groups is 1. The van der Waals surface area contributed by atoms with Crippen LogP contribution in [0.5, 0.6) is 0 Å². The smallest absolute Gasteiger partial charge is 0.313 e.